The first-order valence-electron chi connectivity index (χ1n) is 5.12. The molecule has 102 valence electrons. The average Bonchev–Trinajstić information content (AvgIpc) is 2.31. The maximum absolute atomic E-state index is 13.1. The molecule has 0 saturated carbocycles. The number of carbonyl (C=O) groups is 1. The Morgan fingerprint density at radius 1 is 1.58 bits per heavy atom. The van der Waals surface area contributed by atoms with Gasteiger partial charge in [0.25, 0.3) is 0 Å². The van der Waals surface area contributed by atoms with Gasteiger partial charge in [-0.05, 0) is 31.3 Å². The highest BCUT2D eigenvalue weighted by Gasteiger charge is 2.15. The Balaban J connectivity index is 2.72. The van der Waals surface area contributed by atoms with E-state index in [-0.39, 0.29) is 17.4 Å². The van der Waals surface area contributed by atoms with Gasteiger partial charge in [0.15, 0.2) is 5.11 Å². The molecule has 0 aromatic heterocycles. The van der Waals surface area contributed by atoms with Crippen LogP contribution in [0.1, 0.15) is 6.92 Å². The maximum Gasteiger partial charge on any atom is 0.413 e. The van der Waals surface area contributed by atoms with E-state index in [0.717, 1.165) is 12.1 Å². The van der Waals surface area contributed by atoms with Crippen LogP contribution in [0.25, 0.3) is 0 Å². The van der Waals surface area contributed by atoms with Crippen molar-refractivity contribution in [3.05, 3.63) is 34.1 Å². The van der Waals surface area contributed by atoms with Gasteiger partial charge in [0, 0.05) is 11.8 Å². The van der Waals surface area contributed by atoms with Gasteiger partial charge in [0.05, 0.1) is 11.5 Å². The third kappa shape index (κ3) is 4.47. The Morgan fingerprint density at radius 3 is 2.84 bits per heavy atom. The molecule has 1 aromatic rings. The lowest BCUT2D eigenvalue weighted by molar-refractivity contribution is -0.387. The summed E-state index contributed by atoms with van der Waals surface area (Å²) in [4.78, 5) is 20.7. The summed E-state index contributed by atoms with van der Waals surface area (Å²) in [5, 5.41) is 15.1. The first-order valence-corrected chi connectivity index (χ1v) is 5.53. The quantitative estimate of drug-likeness (QED) is 0.503. The van der Waals surface area contributed by atoms with E-state index in [1.54, 1.807) is 6.92 Å². The number of hydrogen-bond donors (Lipinski definition) is 2. The summed E-state index contributed by atoms with van der Waals surface area (Å²) in [7, 11) is 0. The van der Waals surface area contributed by atoms with Crippen molar-refractivity contribution in [3.63, 3.8) is 0 Å². The summed E-state index contributed by atoms with van der Waals surface area (Å²) in [6.45, 7) is 1.80. The van der Waals surface area contributed by atoms with E-state index in [1.807, 2.05) is 0 Å². The number of benzene rings is 1. The molecule has 0 unspecified atom stereocenters. The van der Waals surface area contributed by atoms with Gasteiger partial charge in [-0.2, -0.15) is 4.39 Å². The molecule has 2 N–H and O–H groups in total. The highest BCUT2D eigenvalue weighted by atomic mass is 32.1. The van der Waals surface area contributed by atoms with Crippen LogP contribution in [0.5, 0.6) is 0 Å². The average molecular weight is 287 g/mol. The zero-order chi connectivity index (χ0) is 14.4. The number of hydrogen-bond acceptors (Lipinski definition) is 5. The molecule has 0 spiro atoms. The Morgan fingerprint density at radius 2 is 2.26 bits per heavy atom. The number of nitro benzene ring substituents is 1. The number of halogens is 1. The number of nitro groups is 1. The molecule has 0 aliphatic carbocycles. The number of ether oxygens (including phenoxy) is 1. The van der Waals surface area contributed by atoms with Gasteiger partial charge in [-0.25, -0.2) is 4.79 Å². The topological polar surface area (TPSA) is 93.5 Å². The number of rotatable bonds is 3. The standard InChI is InChI=1S/C10H10FN3O4S/c1-2-18-10(15)13-9(19)12-6-3-4-7(11)8(5-6)14(16)17/h3-5H,2H2,1H3,(H2,12,13,15,19). The van der Waals surface area contributed by atoms with Crippen LogP contribution in [-0.2, 0) is 4.74 Å². The Hall–Kier alpha value is -2.29. The molecular weight excluding hydrogens is 277 g/mol. The summed E-state index contributed by atoms with van der Waals surface area (Å²) in [5.74, 6) is -0.958. The summed E-state index contributed by atoms with van der Waals surface area (Å²) in [6.07, 6.45) is -0.753. The lowest BCUT2D eigenvalue weighted by atomic mass is 10.2. The molecule has 0 saturated heterocycles. The van der Waals surface area contributed by atoms with E-state index in [9.17, 15) is 19.3 Å². The summed E-state index contributed by atoms with van der Waals surface area (Å²) in [6, 6.07) is 3.14. The fraction of sp³-hybridized carbons (Fsp3) is 0.200. The highest BCUT2D eigenvalue weighted by molar-refractivity contribution is 7.80. The first kappa shape index (κ1) is 14.8. The third-order valence-electron chi connectivity index (χ3n) is 1.89. The molecule has 1 rings (SSSR count). The van der Waals surface area contributed by atoms with Crippen molar-refractivity contribution in [2.24, 2.45) is 0 Å². The molecule has 1 amide bonds. The van der Waals surface area contributed by atoms with Crippen LogP contribution in [0, 0.1) is 15.9 Å². The number of nitrogens with zero attached hydrogens (tertiary/aromatic N) is 1. The normalized spacial score (nSPS) is 9.58. The maximum atomic E-state index is 13.1. The van der Waals surface area contributed by atoms with Crippen molar-refractivity contribution in [2.45, 2.75) is 6.92 Å². The molecule has 0 atom stereocenters. The molecule has 0 bridgehead atoms. The molecule has 0 fully saturated rings. The van der Waals surface area contributed by atoms with Crippen LogP contribution >= 0.6 is 12.2 Å². The van der Waals surface area contributed by atoms with Crippen LogP contribution in [-0.4, -0.2) is 22.7 Å². The zero-order valence-corrected chi connectivity index (χ0v) is 10.6. The molecule has 0 radical (unpaired) electrons. The van der Waals surface area contributed by atoms with Gasteiger partial charge in [-0.1, -0.05) is 0 Å². The van der Waals surface area contributed by atoms with E-state index < -0.39 is 22.5 Å². The largest absolute Gasteiger partial charge is 0.450 e. The Kier molecular flexibility index (Phi) is 5.12. The number of amides is 1. The van der Waals surface area contributed by atoms with Crippen LogP contribution in [0.2, 0.25) is 0 Å². The fourth-order valence-corrected chi connectivity index (χ4v) is 1.35. The van der Waals surface area contributed by atoms with Crippen LogP contribution < -0.4 is 10.6 Å². The van der Waals surface area contributed by atoms with E-state index in [4.69, 9.17) is 12.2 Å². The number of alkyl carbamates (subject to hydrolysis) is 1. The van der Waals surface area contributed by atoms with E-state index in [0.29, 0.717) is 0 Å². The van der Waals surface area contributed by atoms with Gasteiger partial charge < -0.3 is 10.1 Å². The molecule has 1 aromatic carbocycles. The summed E-state index contributed by atoms with van der Waals surface area (Å²) >= 11 is 4.78. The number of nitrogens with one attached hydrogen (secondary N) is 2. The predicted molar refractivity (Wildman–Crippen MR) is 69.4 cm³/mol. The van der Waals surface area contributed by atoms with Gasteiger partial charge in [-0.15, -0.1) is 0 Å². The lowest BCUT2D eigenvalue weighted by Crippen LogP contribution is -2.34. The van der Waals surface area contributed by atoms with E-state index in [1.165, 1.54) is 6.07 Å². The third-order valence-corrected chi connectivity index (χ3v) is 2.10. The molecule has 0 heterocycles. The van der Waals surface area contributed by atoms with Gasteiger partial charge in [0.1, 0.15) is 0 Å². The summed E-state index contributed by atoms with van der Waals surface area (Å²) < 4.78 is 17.7. The van der Waals surface area contributed by atoms with Gasteiger partial charge >= 0.3 is 11.8 Å². The minimum absolute atomic E-state index is 0.112. The smallest absolute Gasteiger partial charge is 0.413 e. The number of thiocarbonyl (C=S) groups is 1. The number of anilines is 1. The van der Waals surface area contributed by atoms with Crippen molar-refractivity contribution < 1.29 is 18.8 Å². The SMILES string of the molecule is CCOC(=O)NC(=S)Nc1ccc(F)c([N+](=O)[O-])c1. The van der Waals surface area contributed by atoms with E-state index in [2.05, 4.69) is 15.4 Å². The Bertz CT molecular complexity index is 523. The monoisotopic (exact) mass is 287 g/mol. The molecule has 0 aliphatic rings. The van der Waals surface area contributed by atoms with Crippen LogP contribution in [0.4, 0.5) is 20.6 Å². The molecule has 0 aliphatic heterocycles. The molecule has 9 heteroatoms. The predicted octanol–water partition coefficient (Wildman–Crippen LogP) is 2.18. The van der Waals surface area contributed by atoms with Crippen molar-refractivity contribution >= 4 is 34.8 Å². The first-order chi connectivity index (χ1) is 8.93. The van der Waals surface area contributed by atoms with Crippen molar-refractivity contribution in [1.29, 1.82) is 0 Å². The van der Waals surface area contributed by atoms with Crippen molar-refractivity contribution in [2.75, 3.05) is 11.9 Å². The van der Waals surface area contributed by atoms with Crippen LogP contribution in [0.3, 0.4) is 0 Å². The second-order valence-corrected chi connectivity index (χ2v) is 3.63. The van der Waals surface area contributed by atoms with Crippen molar-refractivity contribution in [1.82, 2.24) is 5.32 Å². The number of carbonyl (C=O) groups excluding carboxylic acids is 1. The molecule has 19 heavy (non-hydrogen) atoms. The van der Waals surface area contributed by atoms with E-state index >= 15 is 0 Å². The van der Waals surface area contributed by atoms with Gasteiger partial charge in [-0.3, -0.25) is 15.4 Å². The second kappa shape index (κ2) is 6.59. The van der Waals surface area contributed by atoms with Crippen molar-refractivity contribution in [3.8, 4) is 0 Å². The summed E-state index contributed by atoms with van der Waals surface area (Å²) in [5.41, 5.74) is -0.515. The highest BCUT2D eigenvalue weighted by Crippen LogP contribution is 2.21. The fourth-order valence-electron chi connectivity index (χ4n) is 1.15. The lowest BCUT2D eigenvalue weighted by Gasteiger charge is -2.09. The minimum atomic E-state index is -0.958. The van der Waals surface area contributed by atoms with Gasteiger partial charge in [0.2, 0.25) is 5.82 Å². The molecule has 7 nitrogen and oxygen atoms in total. The minimum Gasteiger partial charge on any atom is -0.450 e. The molecular formula is C10H10FN3O4S. The second-order valence-electron chi connectivity index (χ2n) is 3.22. The Labute approximate surface area is 112 Å². The van der Waals surface area contributed by atoms with Crippen LogP contribution in [0.15, 0.2) is 18.2 Å². The zero-order valence-electron chi connectivity index (χ0n) is 9.81.